The van der Waals surface area contributed by atoms with Gasteiger partial charge in [-0.25, -0.2) is 4.79 Å². The molecule has 0 aliphatic heterocycles. The molecule has 2 aromatic rings. The molecule has 0 saturated heterocycles. The number of phenolic OH excluding ortho intramolecular Hbond substituents is 1. The van der Waals surface area contributed by atoms with Gasteiger partial charge in [0.05, 0.1) is 17.4 Å². The van der Waals surface area contributed by atoms with Crippen LogP contribution in [0.15, 0.2) is 36.7 Å². The van der Waals surface area contributed by atoms with Gasteiger partial charge in [0, 0.05) is 17.3 Å². The van der Waals surface area contributed by atoms with Crippen LogP contribution in [-0.4, -0.2) is 27.1 Å². The number of anilines is 1. The minimum Gasteiger partial charge on any atom is -0.508 e. The van der Waals surface area contributed by atoms with Gasteiger partial charge >= 0.3 is 5.97 Å². The summed E-state index contributed by atoms with van der Waals surface area (Å²) >= 11 is 0. The van der Waals surface area contributed by atoms with Gasteiger partial charge in [-0.1, -0.05) is 6.07 Å². The molecule has 0 bridgehead atoms. The quantitative estimate of drug-likeness (QED) is 0.794. The second-order valence-corrected chi connectivity index (χ2v) is 4.17. The zero-order valence-corrected chi connectivity index (χ0v) is 10.6. The number of rotatable bonds is 3. The van der Waals surface area contributed by atoms with Gasteiger partial charge in [0.2, 0.25) is 0 Å². The summed E-state index contributed by atoms with van der Waals surface area (Å²) in [6, 6.07) is 5.92. The van der Waals surface area contributed by atoms with Crippen molar-refractivity contribution in [2.75, 3.05) is 5.32 Å². The van der Waals surface area contributed by atoms with Crippen LogP contribution in [0, 0.1) is 6.92 Å². The Labute approximate surface area is 114 Å². The van der Waals surface area contributed by atoms with E-state index in [0.717, 1.165) is 0 Å². The molecule has 0 aliphatic rings. The van der Waals surface area contributed by atoms with Crippen molar-refractivity contribution in [2.45, 2.75) is 6.92 Å². The number of carbonyl (C=O) groups excluding carboxylic acids is 1. The van der Waals surface area contributed by atoms with E-state index in [9.17, 15) is 14.7 Å². The number of phenols is 1. The highest BCUT2D eigenvalue weighted by molar-refractivity contribution is 6.06. The van der Waals surface area contributed by atoms with E-state index in [1.807, 2.05) is 0 Å². The van der Waals surface area contributed by atoms with Gasteiger partial charge in [0.1, 0.15) is 5.75 Å². The summed E-state index contributed by atoms with van der Waals surface area (Å²) < 4.78 is 0. The van der Waals surface area contributed by atoms with Gasteiger partial charge in [0.15, 0.2) is 0 Å². The summed E-state index contributed by atoms with van der Waals surface area (Å²) in [6.45, 7) is 1.62. The van der Waals surface area contributed by atoms with Crippen molar-refractivity contribution in [1.82, 2.24) is 4.98 Å². The third kappa shape index (κ3) is 2.74. The van der Waals surface area contributed by atoms with E-state index in [1.165, 1.54) is 24.5 Å². The number of aromatic nitrogens is 1. The van der Waals surface area contributed by atoms with Gasteiger partial charge in [0.25, 0.3) is 5.91 Å². The van der Waals surface area contributed by atoms with E-state index in [4.69, 9.17) is 5.11 Å². The largest absolute Gasteiger partial charge is 0.508 e. The van der Waals surface area contributed by atoms with E-state index < -0.39 is 11.9 Å². The highest BCUT2D eigenvalue weighted by Gasteiger charge is 2.12. The first-order chi connectivity index (χ1) is 9.49. The lowest BCUT2D eigenvalue weighted by Crippen LogP contribution is -2.14. The molecule has 1 aromatic heterocycles. The van der Waals surface area contributed by atoms with Crippen LogP contribution in [-0.2, 0) is 0 Å². The van der Waals surface area contributed by atoms with Gasteiger partial charge in [-0.05, 0) is 25.1 Å². The molecule has 0 aliphatic carbocycles. The predicted octanol–water partition coefficient (Wildman–Crippen LogP) is 2.05. The van der Waals surface area contributed by atoms with E-state index in [0.29, 0.717) is 11.1 Å². The first-order valence-electron chi connectivity index (χ1n) is 5.77. The average Bonchev–Trinajstić information content (AvgIpc) is 2.42. The molecule has 20 heavy (non-hydrogen) atoms. The summed E-state index contributed by atoms with van der Waals surface area (Å²) in [5, 5.41) is 21.0. The Hall–Kier alpha value is -2.89. The molecular weight excluding hydrogens is 260 g/mol. The third-order valence-corrected chi connectivity index (χ3v) is 2.79. The number of amides is 1. The van der Waals surface area contributed by atoms with Crippen LogP contribution >= 0.6 is 0 Å². The number of benzene rings is 1. The number of hydrogen-bond donors (Lipinski definition) is 3. The molecular formula is C14H12N2O4. The monoisotopic (exact) mass is 272 g/mol. The Kier molecular flexibility index (Phi) is 3.65. The van der Waals surface area contributed by atoms with Gasteiger partial charge in [-0.2, -0.15) is 0 Å². The van der Waals surface area contributed by atoms with Crippen molar-refractivity contribution in [3.05, 3.63) is 53.3 Å². The first kappa shape index (κ1) is 13.5. The Morgan fingerprint density at radius 2 is 2.00 bits per heavy atom. The van der Waals surface area contributed by atoms with Crippen LogP contribution in [0.4, 0.5) is 5.69 Å². The fraction of sp³-hybridized carbons (Fsp3) is 0.0714. The Morgan fingerprint density at radius 3 is 2.70 bits per heavy atom. The van der Waals surface area contributed by atoms with Crippen molar-refractivity contribution in [3.8, 4) is 5.75 Å². The number of carboxylic acids is 1. The average molecular weight is 272 g/mol. The van der Waals surface area contributed by atoms with Gasteiger partial charge < -0.3 is 15.5 Å². The van der Waals surface area contributed by atoms with Crippen LogP contribution in [0.25, 0.3) is 0 Å². The number of aromatic hydroxyl groups is 1. The van der Waals surface area contributed by atoms with Crippen LogP contribution in [0.3, 0.4) is 0 Å². The number of nitrogens with one attached hydrogen (secondary N) is 1. The summed E-state index contributed by atoms with van der Waals surface area (Å²) in [6.07, 6.45) is 2.54. The first-order valence-corrected chi connectivity index (χ1v) is 5.77. The number of hydrogen-bond acceptors (Lipinski definition) is 4. The van der Waals surface area contributed by atoms with Crippen LogP contribution in [0.1, 0.15) is 26.3 Å². The van der Waals surface area contributed by atoms with E-state index in [-0.39, 0.29) is 17.0 Å². The van der Waals surface area contributed by atoms with Crippen molar-refractivity contribution in [3.63, 3.8) is 0 Å². The summed E-state index contributed by atoms with van der Waals surface area (Å²) in [7, 11) is 0. The standard InChI is InChI=1S/C14H12N2O4/c1-8-11(3-2-4-12(8)17)13(18)16-10-5-9(14(19)20)6-15-7-10/h2-7,17H,1H3,(H,16,18)(H,19,20). The number of carboxylic acid groups (broad SMARTS) is 1. The second kappa shape index (κ2) is 5.40. The van der Waals surface area contributed by atoms with Gasteiger partial charge in [-0.3, -0.25) is 9.78 Å². The topological polar surface area (TPSA) is 99.5 Å². The van der Waals surface area contributed by atoms with Crippen LogP contribution in [0.2, 0.25) is 0 Å². The second-order valence-electron chi connectivity index (χ2n) is 4.17. The van der Waals surface area contributed by atoms with Crippen LogP contribution < -0.4 is 5.32 Å². The minimum absolute atomic E-state index is 0.0181. The number of pyridine rings is 1. The molecule has 6 heteroatoms. The minimum atomic E-state index is -1.12. The lowest BCUT2D eigenvalue weighted by atomic mass is 10.1. The number of aromatic carboxylic acids is 1. The smallest absolute Gasteiger partial charge is 0.337 e. The molecule has 102 valence electrons. The molecule has 0 atom stereocenters. The summed E-state index contributed by atoms with van der Waals surface area (Å²) in [5.74, 6) is -1.54. The number of carbonyl (C=O) groups is 2. The Bertz CT molecular complexity index is 683. The maximum absolute atomic E-state index is 12.1. The molecule has 0 saturated carbocycles. The highest BCUT2D eigenvalue weighted by Crippen LogP contribution is 2.20. The molecule has 0 radical (unpaired) electrons. The zero-order valence-electron chi connectivity index (χ0n) is 10.6. The Balaban J connectivity index is 2.26. The molecule has 1 aromatic carbocycles. The number of nitrogens with zero attached hydrogens (tertiary/aromatic N) is 1. The maximum atomic E-state index is 12.1. The molecule has 2 rings (SSSR count). The van der Waals surface area contributed by atoms with Crippen molar-refractivity contribution in [1.29, 1.82) is 0 Å². The van der Waals surface area contributed by atoms with Crippen molar-refractivity contribution < 1.29 is 19.8 Å². The molecule has 1 heterocycles. The lowest BCUT2D eigenvalue weighted by molar-refractivity contribution is 0.0696. The summed E-state index contributed by atoms with van der Waals surface area (Å²) in [5.41, 5.74) is 1.02. The SMILES string of the molecule is Cc1c(O)cccc1C(=O)Nc1cncc(C(=O)O)c1. The van der Waals surface area contributed by atoms with Crippen LogP contribution in [0.5, 0.6) is 5.75 Å². The fourth-order valence-electron chi connectivity index (χ4n) is 1.69. The van der Waals surface area contributed by atoms with E-state index >= 15 is 0 Å². The zero-order chi connectivity index (χ0) is 14.7. The molecule has 0 unspecified atom stereocenters. The van der Waals surface area contributed by atoms with Gasteiger partial charge in [-0.15, -0.1) is 0 Å². The molecule has 3 N–H and O–H groups in total. The third-order valence-electron chi connectivity index (χ3n) is 2.79. The molecule has 1 amide bonds. The highest BCUT2D eigenvalue weighted by atomic mass is 16.4. The van der Waals surface area contributed by atoms with Crippen molar-refractivity contribution >= 4 is 17.6 Å². The van der Waals surface area contributed by atoms with E-state index in [1.54, 1.807) is 19.1 Å². The lowest BCUT2D eigenvalue weighted by Gasteiger charge is -2.08. The van der Waals surface area contributed by atoms with E-state index in [2.05, 4.69) is 10.3 Å². The molecule has 6 nitrogen and oxygen atoms in total. The summed E-state index contributed by atoms with van der Waals surface area (Å²) in [4.78, 5) is 26.6. The predicted molar refractivity (Wildman–Crippen MR) is 72.0 cm³/mol. The Morgan fingerprint density at radius 1 is 1.25 bits per heavy atom. The normalized spacial score (nSPS) is 10.1. The fourth-order valence-corrected chi connectivity index (χ4v) is 1.69. The molecule has 0 spiro atoms. The molecule has 0 fully saturated rings. The maximum Gasteiger partial charge on any atom is 0.337 e. The van der Waals surface area contributed by atoms with Crippen molar-refractivity contribution in [2.24, 2.45) is 0 Å².